The first kappa shape index (κ1) is 15.4. The van der Waals surface area contributed by atoms with E-state index in [9.17, 15) is 13.2 Å². The summed E-state index contributed by atoms with van der Waals surface area (Å²) in [6, 6.07) is 13.4. The summed E-state index contributed by atoms with van der Waals surface area (Å²) in [6.07, 6.45) is 0. The number of rotatable bonds is 4. The van der Waals surface area contributed by atoms with Crippen LogP contribution < -0.4 is 14.2 Å². The Bertz CT molecular complexity index is 818. The van der Waals surface area contributed by atoms with Gasteiger partial charge in [0.05, 0.1) is 11.3 Å². The monoisotopic (exact) mass is 333 g/mol. The van der Waals surface area contributed by atoms with E-state index in [-0.39, 0.29) is 17.1 Å². The van der Waals surface area contributed by atoms with Crippen LogP contribution in [0.2, 0.25) is 0 Å². The van der Waals surface area contributed by atoms with Gasteiger partial charge >= 0.3 is 0 Å². The number of sulfonamides is 1. The molecular formula is C16H15NO5S. The van der Waals surface area contributed by atoms with Crippen LogP contribution in [0, 0.1) is 0 Å². The average molecular weight is 333 g/mol. The number of amides is 1. The molecule has 7 heteroatoms. The van der Waals surface area contributed by atoms with Crippen molar-refractivity contribution in [2.24, 2.45) is 0 Å². The summed E-state index contributed by atoms with van der Waals surface area (Å²) in [4.78, 5) is 12.3. The van der Waals surface area contributed by atoms with Crippen molar-refractivity contribution in [3.8, 4) is 11.5 Å². The number of fused-ring (bicyclic) bond motifs is 1. The van der Waals surface area contributed by atoms with Crippen molar-refractivity contribution in [2.45, 2.75) is 5.75 Å². The Balaban J connectivity index is 1.79. The van der Waals surface area contributed by atoms with Gasteiger partial charge in [-0.25, -0.2) is 13.1 Å². The Morgan fingerprint density at radius 2 is 1.74 bits per heavy atom. The largest absolute Gasteiger partial charge is 0.486 e. The molecule has 0 saturated carbocycles. The number of benzene rings is 2. The highest BCUT2D eigenvalue weighted by Gasteiger charge is 2.23. The molecule has 0 bridgehead atoms. The van der Waals surface area contributed by atoms with Crippen LogP contribution >= 0.6 is 0 Å². The molecule has 6 nitrogen and oxygen atoms in total. The van der Waals surface area contributed by atoms with Gasteiger partial charge < -0.3 is 9.47 Å². The highest BCUT2D eigenvalue weighted by Crippen LogP contribution is 2.33. The maximum atomic E-state index is 12.3. The minimum atomic E-state index is -3.80. The fraction of sp³-hybridized carbons (Fsp3) is 0.188. The van der Waals surface area contributed by atoms with Crippen molar-refractivity contribution in [2.75, 3.05) is 13.2 Å². The number of ether oxygens (including phenoxy) is 2. The van der Waals surface area contributed by atoms with Crippen LogP contribution in [0.5, 0.6) is 11.5 Å². The highest BCUT2D eigenvalue weighted by molar-refractivity contribution is 7.89. The van der Waals surface area contributed by atoms with Gasteiger partial charge in [-0.2, -0.15) is 0 Å². The summed E-state index contributed by atoms with van der Waals surface area (Å²) in [6.45, 7) is 0.707. The molecule has 0 unspecified atom stereocenters. The molecule has 2 aromatic rings. The molecular weight excluding hydrogens is 318 g/mol. The van der Waals surface area contributed by atoms with Crippen LogP contribution in [0.4, 0.5) is 0 Å². The summed E-state index contributed by atoms with van der Waals surface area (Å²) < 4.78 is 37.2. The second-order valence-corrected chi connectivity index (χ2v) is 6.73. The number of nitrogens with one attached hydrogen (secondary N) is 1. The third-order valence-electron chi connectivity index (χ3n) is 3.26. The normalized spacial score (nSPS) is 13.4. The molecule has 0 atom stereocenters. The summed E-state index contributed by atoms with van der Waals surface area (Å²) in [5.41, 5.74) is 0.737. The lowest BCUT2D eigenvalue weighted by atomic mass is 10.1. The highest BCUT2D eigenvalue weighted by atomic mass is 32.2. The van der Waals surface area contributed by atoms with Gasteiger partial charge in [0.1, 0.15) is 13.2 Å². The molecule has 0 fully saturated rings. The number of hydrogen-bond donors (Lipinski definition) is 1. The van der Waals surface area contributed by atoms with Gasteiger partial charge in [-0.1, -0.05) is 36.4 Å². The van der Waals surface area contributed by atoms with E-state index in [0.29, 0.717) is 24.5 Å². The lowest BCUT2D eigenvalue weighted by Crippen LogP contribution is -2.32. The first-order chi connectivity index (χ1) is 11.1. The Morgan fingerprint density at radius 3 is 2.52 bits per heavy atom. The second kappa shape index (κ2) is 6.29. The Kier molecular flexibility index (Phi) is 4.20. The summed E-state index contributed by atoms with van der Waals surface area (Å²) in [7, 11) is -3.80. The summed E-state index contributed by atoms with van der Waals surface area (Å²) in [5, 5.41) is 0. The maximum absolute atomic E-state index is 12.3. The van der Waals surface area contributed by atoms with Gasteiger partial charge in [0, 0.05) is 0 Å². The van der Waals surface area contributed by atoms with Crippen LogP contribution in [0.15, 0.2) is 48.5 Å². The molecule has 1 aliphatic rings. The smallest absolute Gasteiger partial charge is 0.268 e. The maximum Gasteiger partial charge on any atom is 0.268 e. The van der Waals surface area contributed by atoms with E-state index >= 15 is 0 Å². The van der Waals surface area contributed by atoms with Crippen LogP contribution in [0.3, 0.4) is 0 Å². The van der Waals surface area contributed by atoms with E-state index in [1.165, 1.54) is 6.07 Å². The molecule has 0 radical (unpaired) electrons. The molecule has 3 rings (SSSR count). The average Bonchev–Trinajstić information content (AvgIpc) is 2.54. The molecule has 0 aliphatic carbocycles. The van der Waals surface area contributed by atoms with E-state index in [2.05, 4.69) is 4.72 Å². The fourth-order valence-corrected chi connectivity index (χ4v) is 3.37. The minimum Gasteiger partial charge on any atom is -0.486 e. The molecule has 120 valence electrons. The van der Waals surface area contributed by atoms with Crippen molar-refractivity contribution in [3.05, 3.63) is 59.7 Å². The van der Waals surface area contributed by atoms with Crippen molar-refractivity contribution in [1.29, 1.82) is 0 Å². The van der Waals surface area contributed by atoms with Gasteiger partial charge in [-0.05, 0) is 17.7 Å². The van der Waals surface area contributed by atoms with Gasteiger partial charge in [-0.3, -0.25) is 4.79 Å². The molecule has 1 heterocycles. The molecule has 0 aromatic heterocycles. The third kappa shape index (κ3) is 3.62. The second-order valence-electron chi connectivity index (χ2n) is 5.01. The topological polar surface area (TPSA) is 81.7 Å². The van der Waals surface area contributed by atoms with E-state index in [4.69, 9.17) is 9.47 Å². The zero-order valence-corrected chi connectivity index (χ0v) is 13.0. The zero-order chi connectivity index (χ0) is 16.3. The van der Waals surface area contributed by atoms with Crippen LogP contribution in [0.25, 0.3) is 0 Å². The van der Waals surface area contributed by atoms with Gasteiger partial charge in [-0.15, -0.1) is 0 Å². The molecule has 23 heavy (non-hydrogen) atoms. The quantitative estimate of drug-likeness (QED) is 0.921. The van der Waals surface area contributed by atoms with E-state index in [1.807, 2.05) is 0 Å². The lowest BCUT2D eigenvalue weighted by Gasteiger charge is -2.20. The van der Waals surface area contributed by atoms with Gasteiger partial charge in [0.15, 0.2) is 11.5 Å². The predicted molar refractivity (Wildman–Crippen MR) is 84.0 cm³/mol. The molecule has 2 aromatic carbocycles. The Morgan fingerprint density at radius 1 is 1.00 bits per heavy atom. The molecule has 0 saturated heterocycles. The third-order valence-corrected chi connectivity index (χ3v) is 4.47. The molecule has 1 N–H and O–H groups in total. The van der Waals surface area contributed by atoms with Crippen molar-refractivity contribution in [1.82, 2.24) is 4.72 Å². The minimum absolute atomic E-state index is 0.138. The van der Waals surface area contributed by atoms with Crippen molar-refractivity contribution >= 4 is 15.9 Å². The molecule has 1 amide bonds. The lowest BCUT2D eigenvalue weighted by molar-refractivity contribution is 0.0970. The summed E-state index contributed by atoms with van der Waals surface area (Å²) in [5.74, 6) is -0.301. The van der Waals surface area contributed by atoms with E-state index in [1.54, 1.807) is 42.5 Å². The van der Waals surface area contributed by atoms with Crippen molar-refractivity contribution in [3.63, 3.8) is 0 Å². The van der Waals surface area contributed by atoms with E-state index < -0.39 is 15.9 Å². The molecule has 1 aliphatic heterocycles. The SMILES string of the molecule is O=C(NS(=O)(=O)Cc1ccccc1)c1cccc2c1OCCO2. The van der Waals surface area contributed by atoms with Gasteiger partial charge in [0.2, 0.25) is 10.0 Å². The first-order valence-corrected chi connectivity index (χ1v) is 8.68. The first-order valence-electron chi connectivity index (χ1n) is 7.02. The van der Waals surface area contributed by atoms with Crippen LogP contribution in [-0.4, -0.2) is 27.5 Å². The predicted octanol–water partition coefficient (Wildman–Crippen LogP) is 1.72. The van der Waals surface area contributed by atoms with Gasteiger partial charge in [0.25, 0.3) is 5.91 Å². The standard InChI is InChI=1S/C16H15NO5S/c18-16(13-7-4-8-14-15(13)22-10-9-21-14)17-23(19,20)11-12-5-2-1-3-6-12/h1-8H,9-11H2,(H,17,18). The van der Waals surface area contributed by atoms with Crippen LogP contribution in [-0.2, 0) is 15.8 Å². The van der Waals surface area contributed by atoms with Crippen molar-refractivity contribution < 1.29 is 22.7 Å². The Hall–Kier alpha value is -2.54. The molecule has 0 spiro atoms. The van der Waals surface area contributed by atoms with E-state index in [0.717, 1.165) is 0 Å². The summed E-state index contributed by atoms with van der Waals surface area (Å²) >= 11 is 0. The van der Waals surface area contributed by atoms with Crippen LogP contribution in [0.1, 0.15) is 15.9 Å². The number of carbonyl (C=O) groups excluding carboxylic acids is 1. The Labute approximate surface area is 134 Å². The number of hydrogen-bond acceptors (Lipinski definition) is 5. The number of para-hydroxylation sites is 1. The zero-order valence-electron chi connectivity index (χ0n) is 12.2. The fourth-order valence-electron chi connectivity index (χ4n) is 2.28. The number of carbonyl (C=O) groups is 1.